The molecule has 0 aliphatic rings. The molecule has 82 valence electrons. The maximum atomic E-state index is 10.4. The maximum Gasteiger partial charge on any atom is 0.211 e. The predicted molar refractivity (Wildman–Crippen MR) is 60.6 cm³/mol. The first-order valence-corrected chi connectivity index (χ1v) is 5.07. The van der Waals surface area contributed by atoms with Crippen molar-refractivity contribution in [1.82, 2.24) is 0 Å². The molecular formula is C10H12BrNO3. The standard InChI is InChI=1S/C10H12BrNO3/c1-14-10(15-2)8-5-7(11)3-4-9(8)12-6-13/h3-6,10H,1-2H3,(H,12,13). The summed E-state index contributed by atoms with van der Waals surface area (Å²) in [6, 6.07) is 5.44. The quantitative estimate of drug-likeness (QED) is 0.662. The molecule has 1 amide bonds. The molecule has 1 N–H and O–H groups in total. The third kappa shape index (κ3) is 3.02. The van der Waals surface area contributed by atoms with E-state index in [1.165, 1.54) is 0 Å². The monoisotopic (exact) mass is 273 g/mol. The fourth-order valence-electron chi connectivity index (χ4n) is 1.27. The van der Waals surface area contributed by atoms with E-state index in [4.69, 9.17) is 9.47 Å². The second kappa shape index (κ2) is 5.85. The van der Waals surface area contributed by atoms with Crippen LogP contribution in [0.15, 0.2) is 22.7 Å². The molecular weight excluding hydrogens is 262 g/mol. The van der Waals surface area contributed by atoms with Crippen molar-refractivity contribution in [3.63, 3.8) is 0 Å². The summed E-state index contributed by atoms with van der Waals surface area (Å²) in [5.74, 6) is 0. The van der Waals surface area contributed by atoms with E-state index in [1.807, 2.05) is 12.1 Å². The van der Waals surface area contributed by atoms with E-state index < -0.39 is 6.29 Å². The van der Waals surface area contributed by atoms with Gasteiger partial charge in [-0.15, -0.1) is 0 Å². The van der Waals surface area contributed by atoms with Crippen LogP contribution < -0.4 is 5.32 Å². The number of hydrogen-bond acceptors (Lipinski definition) is 3. The lowest BCUT2D eigenvalue weighted by Gasteiger charge is -2.17. The number of rotatable bonds is 5. The van der Waals surface area contributed by atoms with Crippen LogP contribution in [-0.2, 0) is 14.3 Å². The van der Waals surface area contributed by atoms with Crippen molar-refractivity contribution in [2.45, 2.75) is 6.29 Å². The zero-order chi connectivity index (χ0) is 11.3. The number of nitrogens with one attached hydrogen (secondary N) is 1. The lowest BCUT2D eigenvalue weighted by molar-refractivity contribution is -0.106. The van der Waals surface area contributed by atoms with Gasteiger partial charge < -0.3 is 14.8 Å². The minimum absolute atomic E-state index is 0.495. The first-order valence-electron chi connectivity index (χ1n) is 4.28. The van der Waals surface area contributed by atoms with Gasteiger partial charge in [0.05, 0.1) is 0 Å². The average Bonchev–Trinajstić information content (AvgIpc) is 2.24. The van der Waals surface area contributed by atoms with Crippen LogP contribution in [0.4, 0.5) is 5.69 Å². The smallest absolute Gasteiger partial charge is 0.211 e. The second-order valence-electron chi connectivity index (χ2n) is 2.80. The van der Waals surface area contributed by atoms with Crippen molar-refractivity contribution in [2.75, 3.05) is 19.5 Å². The number of benzene rings is 1. The molecule has 0 spiro atoms. The van der Waals surface area contributed by atoms with E-state index in [2.05, 4.69) is 21.2 Å². The molecule has 0 aliphatic carbocycles. The molecule has 0 bridgehead atoms. The van der Waals surface area contributed by atoms with Gasteiger partial charge in [-0.05, 0) is 18.2 Å². The van der Waals surface area contributed by atoms with Crippen molar-refractivity contribution in [3.05, 3.63) is 28.2 Å². The van der Waals surface area contributed by atoms with Crippen molar-refractivity contribution >= 4 is 28.0 Å². The van der Waals surface area contributed by atoms with Crippen LogP contribution in [-0.4, -0.2) is 20.6 Å². The number of hydrogen-bond donors (Lipinski definition) is 1. The third-order valence-corrected chi connectivity index (χ3v) is 2.40. The molecule has 5 heteroatoms. The van der Waals surface area contributed by atoms with Gasteiger partial charge in [0.2, 0.25) is 6.41 Å². The molecule has 0 aromatic heterocycles. The highest BCUT2D eigenvalue weighted by Gasteiger charge is 2.14. The topological polar surface area (TPSA) is 47.6 Å². The molecule has 15 heavy (non-hydrogen) atoms. The molecule has 1 aromatic carbocycles. The zero-order valence-electron chi connectivity index (χ0n) is 8.49. The molecule has 0 fully saturated rings. The Balaban J connectivity index is 3.10. The van der Waals surface area contributed by atoms with Crippen LogP contribution in [0, 0.1) is 0 Å². The summed E-state index contributed by atoms with van der Waals surface area (Å²) >= 11 is 3.35. The fourth-order valence-corrected chi connectivity index (χ4v) is 1.65. The first-order chi connectivity index (χ1) is 7.22. The molecule has 0 atom stereocenters. The highest BCUT2D eigenvalue weighted by molar-refractivity contribution is 9.10. The lowest BCUT2D eigenvalue weighted by Crippen LogP contribution is -2.08. The Morgan fingerprint density at radius 3 is 2.60 bits per heavy atom. The average molecular weight is 274 g/mol. The largest absolute Gasteiger partial charge is 0.352 e. The molecule has 0 saturated heterocycles. The van der Waals surface area contributed by atoms with Gasteiger partial charge in [-0.3, -0.25) is 4.79 Å². The highest BCUT2D eigenvalue weighted by Crippen LogP contribution is 2.28. The van der Waals surface area contributed by atoms with Crippen LogP contribution in [0.3, 0.4) is 0 Å². The van der Waals surface area contributed by atoms with Gasteiger partial charge in [-0.1, -0.05) is 15.9 Å². The normalized spacial score (nSPS) is 10.4. The Kier molecular flexibility index (Phi) is 4.74. The van der Waals surface area contributed by atoms with E-state index in [9.17, 15) is 4.79 Å². The second-order valence-corrected chi connectivity index (χ2v) is 3.71. The van der Waals surface area contributed by atoms with E-state index in [0.717, 1.165) is 10.0 Å². The minimum atomic E-state index is -0.495. The van der Waals surface area contributed by atoms with Crippen LogP contribution in [0.1, 0.15) is 11.9 Å². The molecule has 0 unspecified atom stereocenters. The van der Waals surface area contributed by atoms with Crippen molar-refractivity contribution in [2.24, 2.45) is 0 Å². The molecule has 0 heterocycles. The number of carbonyl (C=O) groups is 1. The zero-order valence-corrected chi connectivity index (χ0v) is 10.1. The SMILES string of the molecule is COC(OC)c1cc(Br)ccc1NC=O. The predicted octanol–water partition coefficient (Wildman–Crippen LogP) is 2.31. The van der Waals surface area contributed by atoms with Gasteiger partial charge in [-0.25, -0.2) is 0 Å². The lowest BCUT2D eigenvalue weighted by atomic mass is 10.1. The maximum absolute atomic E-state index is 10.4. The molecule has 0 saturated carbocycles. The molecule has 1 aromatic rings. The summed E-state index contributed by atoms with van der Waals surface area (Å²) in [7, 11) is 3.08. The molecule has 4 nitrogen and oxygen atoms in total. The Morgan fingerprint density at radius 1 is 1.40 bits per heavy atom. The third-order valence-electron chi connectivity index (χ3n) is 1.91. The summed E-state index contributed by atoms with van der Waals surface area (Å²) in [5.41, 5.74) is 1.43. The van der Waals surface area contributed by atoms with Crippen LogP contribution in [0.25, 0.3) is 0 Å². The Hall–Kier alpha value is -0.910. The fraction of sp³-hybridized carbons (Fsp3) is 0.300. The number of halogens is 1. The Morgan fingerprint density at radius 2 is 2.07 bits per heavy atom. The van der Waals surface area contributed by atoms with Gasteiger partial charge in [0.15, 0.2) is 6.29 Å². The van der Waals surface area contributed by atoms with E-state index in [1.54, 1.807) is 20.3 Å². The van der Waals surface area contributed by atoms with Gasteiger partial charge in [-0.2, -0.15) is 0 Å². The Bertz CT molecular complexity index is 339. The number of ether oxygens (including phenoxy) is 2. The van der Waals surface area contributed by atoms with Gasteiger partial charge in [0, 0.05) is 29.9 Å². The Labute approximate surface area is 96.7 Å². The first kappa shape index (κ1) is 12.2. The summed E-state index contributed by atoms with van der Waals surface area (Å²) in [6.45, 7) is 0. The number of anilines is 1. The number of amides is 1. The van der Waals surface area contributed by atoms with Crippen LogP contribution in [0.2, 0.25) is 0 Å². The van der Waals surface area contributed by atoms with Crippen molar-refractivity contribution < 1.29 is 14.3 Å². The van der Waals surface area contributed by atoms with Crippen LogP contribution >= 0.6 is 15.9 Å². The number of carbonyl (C=O) groups excluding carboxylic acids is 1. The van der Waals surface area contributed by atoms with Gasteiger partial charge in [0.25, 0.3) is 0 Å². The summed E-state index contributed by atoms with van der Waals surface area (Å²) in [4.78, 5) is 10.4. The van der Waals surface area contributed by atoms with Gasteiger partial charge in [0.1, 0.15) is 0 Å². The van der Waals surface area contributed by atoms with Gasteiger partial charge >= 0.3 is 0 Å². The molecule has 0 radical (unpaired) electrons. The van der Waals surface area contributed by atoms with E-state index in [0.29, 0.717) is 12.1 Å². The molecule has 1 rings (SSSR count). The molecule has 0 aliphatic heterocycles. The summed E-state index contributed by atoms with van der Waals surface area (Å²) in [5, 5.41) is 2.59. The van der Waals surface area contributed by atoms with Crippen LogP contribution in [0.5, 0.6) is 0 Å². The highest BCUT2D eigenvalue weighted by atomic mass is 79.9. The van der Waals surface area contributed by atoms with E-state index in [-0.39, 0.29) is 0 Å². The summed E-state index contributed by atoms with van der Waals surface area (Å²) in [6.07, 6.45) is 0.125. The van der Waals surface area contributed by atoms with Crippen molar-refractivity contribution in [1.29, 1.82) is 0 Å². The van der Waals surface area contributed by atoms with E-state index >= 15 is 0 Å². The summed E-state index contributed by atoms with van der Waals surface area (Å²) < 4.78 is 11.2. The number of methoxy groups -OCH3 is 2. The minimum Gasteiger partial charge on any atom is -0.352 e. The van der Waals surface area contributed by atoms with Crippen molar-refractivity contribution in [3.8, 4) is 0 Å².